The first kappa shape index (κ1) is 16.6. The van der Waals surface area contributed by atoms with Gasteiger partial charge in [0.15, 0.2) is 0 Å². The zero-order chi connectivity index (χ0) is 16.1. The summed E-state index contributed by atoms with van der Waals surface area (Å²) in [6.07, 6.45) is 6.01. The molecule has 1 aliphatic heterocycles. The van der Waals surface area contributed by atoms with E-state index in [2.05, 4.69) is 52.3 Å². The molecule has 4 heteroatoms. The molecule has 2 aromatic rings. The maximum Gasteiger partial charge on any atom is 0.0572 e. The van der Waals surface area contributed by atoms with E-state index in [4.69, 9.17) is 0 Å². The molecule has 0 spiro atoms. The Bertz CT molecular complexity index is 590. The number of pyridine rings is 1. The molecule has 0 unspecified atom stereocenters. The van der Waals surface area contributed by atoms with Gasteiger partial charge in [0.25, 0.3) is 0 Å². The molecule has 3 rings (SSSR count). The molecule has 0 aromatic carbocycles. The van der Waals surface area contributed by atoms with Crippen LogP contribution in [0.5, 0.6) is 0 Å². The summed E-state index contributed by atoms with van der Waals surface area (Å²) in [5.74, 6) is 0. The third-order valence-corrected chi connectivity index (χ3v) is 5.72. The molecule has 0 aliphatic carbocycles. The number of hydrogen-bond acceptors (Lipinski definition) is 4. The monoisotopic (exact) mass is 329 g/mol. The Labute approximate surface area is 144 Å². The van der Waals surface area contributed by atoms with E-state index in [0.29, 0.717) is 6.04 Å². The topological polar surface area (TPSA) is 19.4 Å². The van der Waals surface area contributed by atoms with Gasteiger partial charge in [-0.3, -0.25) is 14.8 Å². The van der Waals surface area contributed by atoms with E-state index in [1.807, 2.05) is 23.6 Å². The quantitative estimate of drug-likeness (QED) is 0.787. The number of nitrogens with zero attached hydrogens (tertiary/aromatic N) is 3. The molecule has 1 atom stereocenters. The van der Waals surface area contributed by atoms with Crippen molar-refractivity contribution in [2.45, 2.75) is 45.3 Å². The molecule has 0 saturated carbocycles. The minimum atomic E-state index is 0.337. The number of hydrogen-bond donors (Lipinski definition) is 0. The van der Waals surface area contributed by atoms with Crippen molar-refractivity contribution in [3.63, 3.8) is 0 Å². The lowest BCUT2D eigenvalue weighted by Crippen LogP contribution is -2.28. The van der Waals surface area contributed by atoms with Crippen molar-refractivity contribution < 1.29 is 0 Å². The van der Waals surface area contributed by atoms with Crippen molar-refractivity contribution in [1.29, 1.82) is 0 Å². The fraction of sp³-hybridized carbons (Fsp3) is 0.526. The minimum Gasteiger partial charge on any atom is -0.299 e. The van der Waals surface area contributed by atoms with Crippen LogP contribution >= 0.6 is 11.3 Å². The second kappa shape index (κ2) is 8.04. The summed E-state index contributed by atoms with van der Waals surface area (Å²) in [6, 6.07) is 8.87. The lowest BCUT2D eigenvalue weighted by atomic mass is 10.1. The third-order valence-electron chi connectivity index (χ3n) is 4.75. The van der Waals surface area contributed by atoms with Gasteiger partial charge in [-0.15, -0.1) is 11.3 Å². The minimum absolute atomic E-state index is 0.337. The average molecular weight is 330 g/mol. The SMILES string of the molecule is C[C@@H](c1ccccn1)N(C)Cc1cc(CN2CCCCC2)cs1. The van der Waals surface area contributed by atoms with Gasteiger partial charge in [0.2, 0.25) is 0 Å². The molecule has 1 saturated heterocycles. The van der Waals surface area contributed by atoms with Crippen LogP contribution in [-0.4, -0.2) is 34.9 Å². The molecule has 0 amide bonds. The highest BCUT2D eigenvalue weighted by atomic mass is 32.1. The van der Waals surface area contributed by atoms with Gasteiger partial charge in [0.05, 0.1) is 5.69 Å². The molecule has 0 radical (unpaired) electrons. The summed E-state index contributed by atoms with van der Waals surface area (Å²) < 4.78 is 0. The summed E-state index contributed by atoms with van der Waals surface area (Å²) in [5, 5.41) is 2.34. The van der Waals surface area contributed by atoms with Gasteiger partial charge in [-0.2, -0.15) is 0 Å². The summed E-state index contributed by atoms with van der Waals surface area (Å²) in [6.45, 7) is 6.87. The Kier molecular flexibility index (Phi) is 5.81. The molecule has 1 aliphatic rings. The van der Waals surface area contributed by atoms with E-state index in [-0.39, 0.29) is 0 Å². The van der Waals surface area contributed by atoms with Crippen LogP contribution in [0.25, 0.3) is 0 Å². The van der Waals surface area contributed by atoms with Gasteiger partial charge in [-0.05, 0) is 69.0 Å². The van der Waals surface area contributed by atoms with Gasteiger partial charge < -0.3 is 0 Å². The molecule has 3 nitrogen and oxygen atoms in total. The zero-order valence-electron chi connectivity index (χ0n) is 14.2. The van der Waals surface area contributed by atoms with Crippen LogP contribution in [0.1, 0.15) is 48.4 Å². The van der Waals surface area contributed by atoms with Crippen molar-refractivity contribution in [2.75, 3.05) is 20.1 Å². The third kappa shape index (κ3) is 4.63. The lowest BCUT2D eigenvalue weighted by Gasteiger charge is -2.26. The van der Waals surface area contributed by atoms with Crippen LogP contribution in [-0.2, 0) is 13.1 Å². The maximum absolute atomic E-state index is 4.48. The molecule has 0 bridgehead atoms. The number of likely N-dealkylation sites (tertiary alicyclic amines) is 1. The Morgan fingerprint density at radius 3 is 2.83 bits per heavy atom. The van der Waals surface area contributed by atoms with Gasteiger partial charge in [0, 0.05) is 30.2 Å². The highest BCUT2D eigenvalue weighted by Gasteiger charge is 2.15. The fourth-order valence-electron chi connectivity index (χ4n) is 3.20. The van der Waals surface area contributed by atoms with Crippen LogP contribution < -0.4 is 0 Å². The molecule has 2 aromatic heterocycles. The summed E-state index contributed by atoms with van der Waals surface area (Å²) in [5.41, 5.74) is 2.62. The highest BCUT2D eigenvalue weighted by Crippen LogP contribution is 2.23. The standard InChI is InChI=1S/C19H27N3S/c1-16(19-8-4-5-9-20-19)21(2)14-18-12-17(15-23-18)13-22-10-6-3-7-11-22/h4-5,8-9,12,15-16H,3,6-7,10-11,13-14H2,1-2H3/t16-/m0/s1. The van der Waals surface area contributed by atoms with Crippen molar-refractivity contribution in [1.82, 2.24) is 14.8 Å². The average Bonchev–Trinajstić information content (AvgIpc) is 3.02. The number of thiophene rings is 1. The molecular weight excluding hydrogens is 302 g/mol. The Balaban J connectivity index is 1.55. The van der Waals surface area contributed by atoms with Crippen molar-refractivity contribution in [2.24, 2.45) is 0 Å². The molecule has 1 fully saturated rings. The first-order chi connectivity index (χ1) is 11.2. The van der Waals surface area contributed by atoms with Gasteiger partial charge in [-0.25, -0.2) is 0 Å². The van der Waals surface area contributed by atoms with E-state index in [1.165, 1.54) is 42.8 Å². The van der Waals surface area contributed by atoms with Gasteiger partial charge >= 0.3 is 0 Å². The van der Waals surface area contributed by atoms with E-state index >= 15 is 0 Å². The van der Waals surface area contributed by atoms with E-state index in [9.17, 15) is 0 Å². The maximum atomic E-state index is 4.48. The Hall–Kier alpha value is -1.23. The van der Waals surface area contributed by atoms with Crippen molar-refractivity contribution >= 4 is 11.3 Å². The van der Waals surface area contributed by atoms with Crippen LogP contribution in [0.3, 0.4) is 0 Å². The van der Waals surface area contributed by atoms with Crippen molar-refractivity contribution in [3.8, 4) is 0 Å². The number of piperidine rings is 1. The zero-order valence-corrected chi connectivity index (χ0v) is 15.1. The number of rotatable bonds is 6. The highest BCUT2D eigenvalue weighted by molar-refractivity contribution is 7.10. The summed E-state index contributed by atoms with van der Waals surface area (Å²) in [4.78, 5) is 10.9. The van der Waals surface area contributed by atoms with Gasteiger partial charge in [0.1, 0.15) is 0 Å². The van der Waals surface area contributed by atoms with Crippen molar-refractivity contribution in [3.05, 3.63) is 52.0 Å². The smallest absolute Gasteiger partial charge is 0.0572 e. The molecule has 0 N–H and O–H groups in total. The van der Waals surface area contributed by atoms with Crippen LogP contribution in [0.4, 0.5) is 0 Å². The van der Waals surface area contributed by atoms with Crippen LogP contribution in [0.15, 0.2) is 35.8 Å². The first-order valence-corrected chi connectivity index (χ1v) is 9.50. The Morgan fingerprint density at radius 1 is 1.26 bits per heavy atom. The second-order valence-corrected chi connectivity index (χ2v) is 7.60. The Morgan fingerprint density at radius 2 is 2.09 bits per heavy atom. The molecule has 124 valence electrons. The predicted molar refractivity (Wildman–Crippen MR) is 97.6 cm³/mol. The van der Waals surface area contributed by atoms with Crippen LogP contribution in [0.2, 0.25) is 0 Å². The first-order valence-electron chi connectivity index (χ1n) is 8.62. The molecule has 23 heavy (non-hydrogen) atoms. The normalized spacial score (nSPS) is 17.5. The lowest BCUT2D eigenvalue weighted by molar-refractivity contribution is 0.221. The van der Waals surface area contributed by atoms with E-state index in [0.717, 1.165) is 18.8 Å². The second-order valence-electron chi connectivity index (χ2n) is 6.60. The van der Waals surface area contributed by atoms with E-state index < -0.39 is 0 Å². The van der Waals surface area contributed by atoms with Crippen LogP contribution in [0, 0.1) is 0 Å². The largest absolute Gasteiger partial charge is 0.299 e. The van der Waals surface area contributed by atoms with E-state index in [1.54, 1.807) is 0 Å². The van der Waals surface area contributed by atoms with Gasteiger partial charge in [-0.1, -0.05) is 12.5 Å². The molecular formula is C19H27N3S. The summed E-state index contributed by atoms with van der Waals surface area (Å²) in [7, 11) is 2.18. The predicted octanol–water partition coefficient (Wildman–Crippen LogP) is 4.32. The fourth-order valence-corrected chi connectivity index (χ4v) is 4.14. The number of aromatic nitrogens is 1. The summed E-state index contributed by atoms with van der Waals surface area (Å²) >= 11 is 1.89. The molecule has 3 heterocycles.